The molecule has 8 aromatic carbocycles. The Labute approximate surface area is 297 Å². The normalized spacial score (nSPS) is 11.2. The van der Waals surface area contributed by atoms with Gasteiger partial charge in [0.15, 0.2) is 11.6 Å². The predicted molar refractivity (Wildman–Crippen MR) is 201 cm³/mol. The molecule has 0 spiro atoms. The first kappa shape index (κ1) is 32.3. The molecule has 0 radical (unpaired) electrons. The van der Waals surface area contributed by atoms with E-state index in [9.17, 15) is 28.6 Å². The van der Waals surface area contributed by atoms with Gasteiger partial charge in [-0.05, 0) is 105 Å². The van der Waals surface area contributed by atoms with Crippen molar-refractivity contribution in [3.05, 3.63) is 192 Å². The van der Waals surface area contributed by atoms with Crippen LogP contribution in [0.15, 0.2) is 158 Å². The maximum Gasteiger partial charge on any atom is 0.193 e. The van der Waals surface area contributed by atoms with E-state index >= 15 is 0 Å². The molecular formula is C46H28F2O4. The zero-order valence-electron chi connectivity index (χ0n) is 27.5. The van der Waals surface area contributed by atoms with Crippen molar-refractivity contribution in [3.8, 4) is 44.9 Å². The summed E-state index contributed by atoms with van der Waals surface area (Å²) in [5.41, 5.74) is 4.47. The average Bonchev–Trinajstić information content (AvgIpc) is 3.18. The van der Waals surface area contributed by atoms with Crippen LogP contribution in [0.1, 0.15) is 31.8 Å². The molecule has 0 heterocycles. The smallest absolute Gasteiger partial charge is 0.193 e. The second-order valence-electron chi connectivity index (χ2n) is 12.6. The van der Waals surface area contributed by atoms with Gasteiger partial charge in [0.2, 0.25) is 0 Å². The van der Waals surface area contributed by atoms with E-state index in [0.29, 0.717) is 77.2 Å². The zero-order valence-corrected chi connectivity index (χ0v) is 27.5. The van der Waals surface area contributed by atoms with Gasteiger partial charge in [-0.25, -0.2) is 8.78 Å². The van der Waals surface area contributed by atoms with E-state index in [1.165, 1.54) is 48.5 Å². The molecule has 4 nitrogen and oxygen atoms in total. The number of hydrogen-bond donors (Lipinski definition) is 2. The molecule has 0 fully saturated rings. The number of aromatic hydroxyl groups is 2. The Morgan fingerprint density at radius 3 is 1.12 bits per heavy atom. The zero-order chi connectivity index (χ0) is 35.9. The van der Waals surface area contributed by atoms with Crippen molar-refractivity contribution in [2.45, 2.75) is 0 Å². The molecule has 0 aliphatic rings. The molecule has 6 heteroatoms. The summed E-state index contributed by atoms with van der Waals surface area (Å²) in [5, 5.41) is 26.9. The van der Waals surface area contributed by atoms with Crippen molar-refractivity contribution in [2.24, 2.45) is 0 Å². The van der Waals surface area contributed by atoms with Gasteiger partial charge in [0.05, 0.1) is 0 Å². The fraction of sp³-hybridized carbons (Fsp3) is 0. The number of ketones is 2. The summed E-state index contributed by atoms with van der Waals surface area (Å²) in [6.45, 7) is 0. The molecule has 0 saturated heterocycles. The summed E-state index contributed by atoms with van der Waals surface area (Å²) in [7, 11) is 0. The molecule has 0 aliphatic heterocycles. The van der Waals surface area contributed by atoms with Crippen molar-refractivity contribution >= 4 is 33.1 Å². The minimum atomic E-state index is -0.445. The number of halogens is 2. The van der Waals surface area contributed by atoms with Crippen molar-refractivity contribution in [3.63, 3.8) is 0 Å². The molecule has 0 amide bonds. The van der Waals surface area contributed by atoms with Crippen LogP contribution in [-0.4, -0.2) is 21.8 Å². The monoisotopic (exact) mass is 682 g/mol. The highest BCUT2D eigenvalue weighted by molar-refractivity contribution is 6.18. The second-order valence-corrected chi connectivity index (χ2v) is 12.6. The molecule has 0 unspecified atom stereocenters. The summed E-state index contributed by atoms with van der Waals surface area (Å²) >= 11 is 0. The summed E-state index contributed by atoms with van der Waals surface area (Å²) in [6, 6.07) is 43.2. The van der Waals surface area contributed by atoms with Crippen LogP contribution in [0.4, 0.5) is 8.78 Å². The van der Waals surface area contributed by atoms with Gasteiger partial charge in [0.25, 0.3) is 0 Å². The Hall–Kier alpha value is -6.92. The van der Waals surface area contributed by atoms with Gasteiger partial charge >= 0.3 is 0 Å². The fourth-order valence-corrected chi connectivity index (χ4v) is 6.79. The van der Waals surface area contributed by atoms with Gasteiger partial charge in [-0.1, -0.05) is 84.9 Å². The van der Waals surface area contributed by atoms with Gasteiger partial charge in [-0.15, -0.1) is 0 Å². The molecule has 0 bridgehead atoms. The van der Waals surface area contributed by atoms with Gasteiger partial charge in [-0.2, -0.15) is 0 Å². The van der Waals surface area contributed by atoms with E-state index in [1.807, 2.05) is 72.8 Å². The average molecular weight is 683 g/mol. The van der Waals surface area contributed by atoms with Crippen molar-refractivity contribution in [1.29, 1.82) is 0 Å². The topological polar surface area (TPSA) is 74.6 Å². The number of fused-ring (bicyclic) bond motifs is 2. The van der Waals surface area contributed by atoms with Gasteiger partial charge < -0.3 is 10.2 Å². The Morgan fingerprint density at radius 2 is 0.750 bits per heavy atom. The molecule has 0 saturated carbocycles. The Kier molecular flexibility index (Phi) is 8.12. The number of phenolic OH excluding ortho intramolecular Hbond substituents is 2. The quantitative estimate of drug-likeness (QED) is 0.164. The molecule has 250 valence electrons. The van der Waals surface area contributed by atoms with Crippen LogP contribution in [0.3, 0.4) is 0 Å². The maximum absolute atomic E-state index is 13.7. The lowest BCUT2D eigenvalue weighted by molar-refractivity contribution is 0.103. The number of phenols is 2. The Bertz CT molecular complexity index is 2480. The SMILES string of the molecule is O=C(c1ccc(F)cc1)c1ccc2c(-c3c(O)c(-c4ccccc4)cc4cc(C(=O)c5ccc(F)cc5)ccc34)c(O)c(-c3ccccc3)cc2c1. The van der Waals surface area contributed by atoms with E-state index < -0.39 is 11.6 Å². The van der Waals surface area contributed by atoms with Crippen LogP contribution in [0.5, 0.6) is 11.5 Å². The standard InChI is InChI=1S/C46H28F2O4/c47-35-17-11-29(12-18-35)43(49)31-15-21-37-33(23-31)25-39(27-7-3-1-4-8-27)45(51)41(37)42-38-22-16-32(44(50)30-13-19-36(48)20-14-30)24-34(38)26-40(46(42)52)28-9-5-2-6-10-28/h1-26,51-52H. The number of rotatable bonds is 7. The highest BCUT2D eigenvalue weighted by Gasteiger charge is 2.25. The van der Waals surface area contributed by atoms with Crippen LogP contribution >= 0.6 is 0 Å². The molecule has 8 rings (SSSR count). The molecule has 0 atom stereocenters. The lowest BCUT2D eigenvalue weighted by Gasteiger charge is -2.20. The van der Waals surface area contributed by atoms with Crippen LogP contribution in [0.2, 0.25) is 0 Å². The van der Waals surface area contributed by atoms with Gasteiger partial charge in [0, 0.05) is 44.5 Å². The molecule has 2 N–H and O–H groups in total. The minimum absolute atomic E-state index is 0.0791. The van der Waals surface area contributed by atoms with Crippen LogP contribution < -0.4 is 0 Å². The first-order valence-corrected chi connectivity index (χ1v) is 16.6. The number of carbonyl (C=O) groups excluding carboxylic acids is 2. The Morgan fingerprint density at radius 1 is 0.404 bits per heavy atom. The molecular weight excluding hydrogens is 654 g/mol. The first-order chi connectivity index (χ1) is 25.3. The van der Waals surface area contributed by atoms with Crippen molar-refractivity contribution < 1.29 is 28.6 Å². The maximum atomic E-state index is 13.7. The van der Waals surface area contributed by atoms with Crippen molar-refractivity contribution in [2.75, 3.05) is 0 Å². The van der Waals surface area contributed by atoms with Gasteiger partial charge in [0.1, 0.15) is 23.1 Å². The van der Waals surface area contributed by atoms with Crippen LogP contribution in [0.25, 0.3) is 54.9 Å². The highest BCUT2D eigenvalue weighted by Crippen LogP contribution is 2.51. The molecule has 8 aromatic rings. The predicted octanol–water partition coefficient (Wildman–Crippen LogP) is 11.1. The van der Waals surface area contributed by atoms with Crippen LogP contribution in [0, 0.1) is 11.6 Å². The first-order valence-electron chi connectivity index (χ1n) is 16.6. The van der Waals surface area contributed by atoms with E-state index in [1.54, 1.807) is 36.4 Å². The number of benzene rings is 8. The molecule has 52 heavy (non-hydrogen) atoms. The second kappa shape index (κ2) is 13.1. The summed E-state index contributed by atoms with van der Waals surface area (Å²) in [5.74, 6) is -1.64. The van der Waals surface area contributed by atoms with E-state index in [4.69, 9.17) is 0 Å². The third-order valence-corrected chi connectivity index (χ3v) is 9.38. The van der Waals surface area contributed by atoms with Crippen LogP contribution in [-0.2, 0) is 0 Å². The number of hydrogen-bond acceptors (Lipinski definition) is 4. The Balaban J connectivity index is 1.41. The summed E-state index contributed by atoms with van der Waals surface area (Å²) < 4.78 is 27.3. The molecule has 0 aromatic heterocycles. The van der Waals surface area contributed by atoms with E-state index in [-0.39, 0.29) is 23.1 Å². The van der Waals surface area contributed by atoms with E-state index in [0.717, 1.165) is 0 Å². The van der Waals surface area contributed by atoms with E-state index in [2.05, 4.69) is 0 Å². The van der Waals surface area contributed by atoms with Crippen molar-refractivity contribution in [1.82, 2.24) is 0 Å². The van der Waals surface area contributed by atoms with Gasteiger partial charge in [-0.3, -0.25) is 9.59 Å². The third-order valence-electron chi connectivity index (χ3n) is 9.38. The minimum Gasteiger partial charge on any atom is -0.507 e. The lowest BCUT2D eigenvalue weighted by atomic mass is 9.85. The molecule has 0 aliphatic carbocycles. The third kappa shape index (κ3) is 5.76. The lowest BCUT2D eigenvalue weighted by Crippen LogP contribution is -2.02. The summed E-state index contributed by atoms with van der Waals surface area (Å²) in [6.07, 6.45) is 0. The summed E-state index contributed by atoms with van der Waals surface area (Å²) in [4.78, 5) is 27.1. The highest BCUT2D eigenvalue weighted by atomic mass is 19.1. The largest absolute Gasteiger partial charge is 0.507 e. The number of carbonyl (C=O) groups is 2. The fourth-order valence-electron chi connectivity index (χ4n) is 6.79.